The second-order valence-electron chi connectivity index (χ2n) is 5.33. The summed E-state index contributed by atoms with van der Waals surface area (Å²) in [6, 6.07) is 13.5. The third-order valence-electron chi connectivity index (χ3n) is 3.54. The molecule has 0 bridgehead atoms. The van der Waals surface area contributed by atoms with E-state index in [1.165, 1.54) is 0 Å². The Kier molecular flexibility index (Phi) is 7.10. The molecule has 0 aliphatic rings. The lowest BCUT2D eigenvalue weighted by molar-refractivity contribution is 0.185. The summed E-state index contributed by atoms with van der Waals surface area (Å²) < 4.78 is 16.1. The van der Waals surface area contributed by atoms with Gasteiger partial charge in [0, 0.05) is 18.4 Å². The molecule has 3 N–H and O–H groups in total. The molecule has 0 amide bonds. The number of hydrogen-bond donors (Lipinski definition) is 2. The zero-order valence-corrected chi connectivity index (χ0v) is 14.9. The first-order chi connectivity index (χ1) is 12.2. The number of hydrogen-bond acceptors (Lipinski definition) is 4. The zero-order valence-electron chi connectivity index (χ0n) is 14.9. The van der Waals surface area contributed by atoms with Gasteiger partial charge in [0.2, 0.25) is 0 Å². The molecule has 0 spiro atoms. The highest BCUT2D eigenvalue weighted by Crippen LogP contribution is 2.28. The molecular formula is C19H25N3O3. The van der Waals surface area contributed by atoms with Crippen molar-refractivity contribution >= 4 is 11.6 Å². The Balaban J connectivity index is 2.07. The Morgan fingerprint density at radius 2 is 1.92 bits per heavy atom. The summed E-state index contributed by atoms with van der Waals surface area (Å²) >= 11 is 0. The van der Waals surface area contributed by atoms with Gasteiger partial charge in [-0.1, -0.05) is 24.3 Å². The number of nitrogens with two attached hydrogens (primary N) is 1. The van der Waals surface area contributed by atoms with Crippen molar-refractivity contribution in [2.75, 3.05) is 26.1 Å². The fourth-order valence-corrected chi connectivity index (χ4v) is 2.37. The van der Waals surface area contributed by atoms with Gasteiger partial charge in [-0.3, -0.25) is 0 Å². The lowest BCUT2D eigenvalue weighted by atomic mass is 10.2. The van der Waals surface area contributed by atoms with Crippen molar-refractivity contribution in [3.8, 4) is 11.5 Å². The average Bonchev–Trinajstić information content (AvgIpc) is 2.62. The number of nitrogens with zero attached hydrogens (tertiary/aromatic N) is 1. The van der Waals surface area contributed by atoms with E-state index < -0.39 is 0 Å². The number of rotatable bonds is 8. The molecule has 0 aromatic heterocycles. The first-order valence-electron chi connectivity index (χ1n) is 8.11. The molecule has 2 rings (SSSR count). The normalized spacial score (nSPS) is 11.2. The van der Waals surface area contributed by atoms with Crippen LogP contribution in [0.1, 0.15) is 18.1 Å². The van der Waals surface area contributed by atoms with Gasteiger partial charge in [-0.25, -0.2) is 4.99 Å². The summed E-state index contributed by atoms with van der Waals surface area (Å²) in [6.07, 6.45) is 0. The van der Waals surface area contributed by atoms with Crippen molar-refractivity contribution in [1.82, 2.24) is 0 Å². The molecule has 0 fully saturated rings. The number of para-hydroxylation sites is 1. The molecule has 6 nitrogen and oxygen atoms in total. The largest absolute Gasteiger partial charge is 0.493 e. The van der Waals surface area contributed by atoms with E-state index in [9.17, 15) is 0 Å². The van der Waals surface area contributed by atoms with Gasteiger partial charge in [0.1, 0.15) is 0 Å². The molecule has 25 heavy (non-hydrogen) atoms. The van der Waals surface area contributed by atoms with Crippen molar-refractivity contribution < 1.29 is 14.2 Å². The van der Waals surface area contributed by atoms with E-state index in [0.29, 0.717) is 37.2 Å². The SMILES string of the molecule is CCOc1cc(CN=C(N)Nc2ccccc2COC)ccc1OC. The molecule has 134 valence electrons. The summed E-state index contributed by atoms with van der Waals surface area (Å²) in [7, 11) is 3.28. The van der Waals surface area contributed by atoms with Gasteiger partial charge in [0.15, 0.2) is 17.5 Å². The second kappa shape index (κ2) is 9.54. The Bertz CT molecular complexity index is 717. The van der Waals surface area contributed by atoms with Crippen LogP contribution in [0.15, 0.2) is 47.5 Å². The predicted molar refractivity (Wildman–Crippen MR) is 100 cm³/mol. The Morgan fingerprint density at radius 1 is 1.12 bits per heavy atom. The maximum atomic E-state index is 6.01. The smallest absolute Gasteiger partial charge is 0.193 e. The molecule has 0 unspecified atom stereocenters. The van der Waals surface area contributed by atoms with Gasteiger partial charge in [0.25, 0.3) is 0 Å². The summed E-state index contributed by atoms with van der Waals surface area (Å²) in [4.78, 5) is 4.39. The number of aliphatic imine (C=N–C) groups is 1. The molecule has 0 radical (unpaired) electrons. The Morgan fingerprint density at radius 3 is 2.64 bits per heavy atom. The van der Waals surface area contributed by atoms with Crippen LogP contribution in [0.5, 0.6) is 11.5 Å². The van der Waals surface area contributed by atoms with Crippen LogP contribution in [-0.2, 0) is 17.9 Å². The molecule has 0 saturated carbocycles. The van der Waals surface area contributed by atoms with Crippen LogP contribution >= 0.6 is 0 Å². The van der Waals surface area contributed by atoms with Crippen molar-refractivity contribution in [3.05, 3.63) is 53.6 Å². The third kappa shape index (κ3) is 5.39. The predicted octanol–water partition coefficient (Wildman–Crippen LogP) is 3.17. The van der Waals surface area contributed by atoms with Crippen molar-refractivity contribution in [2.45, 2.75) is 20.1 Å². The van der Waals surface area contributed by atoms with Gasteiger partial charge in [-0.2, -0.15) is 0 Å². The second-order valence-corrected chi connectivity index (χ2v) is 5.33. The molecular weight excluding hydrogens is 318 g/mol. The minimum Gasteiger partial charge on any atom is -0.493 e. The van der Waals surface area contributed by atoms with Gasteiger partial charge in [-0.05, 0) is 30.7 Å². The van der Waals surface area contributed by atoms with Gasteiger partial charge in [0.05, 0.1) is 26.9 Å². The van der Waals surface area contributed by atoms with Crippen LogP contribution in [0.3, 0.4) is 0 Å². The minimum absolute atomic E-state index is 0.345. The standard InChI is InChI=1S/C19H25N3O3/c1-4-25-18-11-14(9-10-17(18)24-3)12-21-19(20)22-16-8-6-5-7-15(16)13-23-2/h5-11H,4,12-13H2,1-3H3,(H3,20,21,22). The fraction of sp³-hybridized carbons (Fsp3) is 0.316. The highest BCUT2D eigenvalue weighted by Gasteiger charge is 2.06. The number of guanidine groups is 1. The van der Waals surface area contributed by atoms with Crippen LogP contribution in [0.25, 0.3) is 0 Å². The molecule has 6 heteroatoms. The van der Waals surface area contributed by atoms with E-state index in [1.54, 1.807) is 14.2 Å². The summed E-state index contributed by atoms with van der Waals surface area (Å²) in [6.45, 7) is 3.45. The van der Waals surface area contributed by atoms with E-state index in [2.05, 4.69) is 10.3 Å². The van der Waals surface area contributed by atoms with Gasteiger partial charge < -0.3 is 25.3 Å². The van der Waals surface area contributed by atoms with Crippen molar-refractivity contribution in [1.29, 1.82) is 0 Å². The first-order valence-corrected chi connectivity index (χ1v) is 8.11. The van der Waals surface area contributed by atoms with Crippen LogP contribution in [0, 0.1) is 0 Å². The molecule has 2 aromatic carbocycles. The number of anilines is 1. The topological polar surface area (TPSA) is 78.1 Å². The summed E-state index contributed by atoms with van der Waals surface area (Å²) in [5.74, 6) is 1.75. The maximum Gasteiger partial charge on any atom is 0.193 e. The van der Waals surface area contributed by atoms with E-state index in [1.807, 2.05) is 49.4 Å². The number of nitrogens with one attached hydrogen (secondary N) is 1. The number of ether oxygens (including phenoxy) is 3. The van der Waals surface area contributed by atoms with Gasteiger partial charge in [-0.15, -0.1) is 0 Å². The van der Waals surface area contributed by atoms with Crippen molar-refractivity contribution in [3.63, 3.8) is 0 Å². The van der Waals surface area contributed by atoms with E-state index in [4.69, 9.17) is 19.9 Å². The quantitative estimate of drug-likeness (QED) is 0.569. The van der Waals surface area contributed by atoms with E-state index >= 15 is 0 Å². The lowest BCUT2D eigenvalue weighted by Gasteiger charge is -2.12. The fourth-order valence-electron chi connectivity index (χ4n) is 2.37. The minimum atomic E-state index is 0.345. The summed E-state index contributed by atoms with van der Waals surface area (Å²) in [5.41, 5.74) is 8.90. The van der Waals surface area contributed by atoms with E-state index in [-0.39, 0.29) is 0 Å². The lowest BCUT2D eigenvalue weighted by Crippen LogP contribution is -2.23. The van der Waals surface area contributed by atoms with Crippen LogP contribution < -0.4 is 20.5 Å². The first kappa shape index (κ1) is 18.6. The molecule has 0 aliphatic heterocycles. The third-order valence-corrected chi connectivity index (χ3v) is 3.54. The summed E-state index contributed by atoms with van der Waals surface area (Å²) in [5, 5.41) is 3.12. The highest BCUT2D eigenvalue weighted by molar-refractivity contribution is 5.92. The monoisotopic (exact) mass is 343 g/mol. The van der Waals surface area contributed by atoms with Gasteiger partial charge >= 0.3 is 0 Å². The van der Waals surface area contributed by atoms with Crippen LogP contribution in [-0.4, -0.2) is 26.8 Å². The zero-order chi connectivity index (χ0) is 18.1. The molecule has 0 heterocycles. The molecule has 0 atom stereocenters. The number of methoxy groups -OCH3 is 2. The number of benzene rings is 2. The van der Waals surface area contributed by atoms with Crippen LogP contribution in [0.2, 0.25) is 0 Å². The van der Waals surface area contributed by atoms with Crippen LogP contribution in [0.4, 0.5) is 5.69 Å². The molecule has 0 aliphatic carbocycles. The maximum absolute atomic E-state index is 6.01. The highest BCUT2D eigenvalue weighted by atomic mass is 16.5. The molecule has 0 saturated heterocycles. The average molecular weight is 343 g/mol. The van der Waals surface area contributed by atoms with E-state index in [0.717, 1.165) is 16.8 Å². The van der Waals surface area contributed by atoms with Crippen molar-refractivity contribution in [2.24, 2.45) is 10.7 Å². The Labute approximate surface area is 148 Å². The molecule has 2 aromatic rings. The Hall–Kier alpha value is -2.73.